The van der Waals surface area contributed by atoms with E-state index in [4.69, 9.17) is 9.47 Å². The van der Waals surface area contributed by atoms with Gasteiger partial charge in [-0.1, -0.05) is 12.7 Å². The van der Waals surface area contributed by atoms with Gasteiger partial charge in [0, 0.05) is 5.57 Å². The molecular weight excluding hydrogens is 218 g/mol. The van der Waals surface area contributed by atoms with Crippen LogP contribution in [0.15, 0.2) is 24.8 Å². The summed E-state index contributed by atoms with van der Waals surface area (Å²) in [6, 6.07) is 0. The molecule has 0 aliphatic heterocycles. The number of nitrogens with zero attached hydrogens (tertiary/aromatic N) is 1. The average molecular weight is 242 g/mol. The Balaban J connectivity index is 4.34. The number of carbonyl (C=O) groups is 1. The van der Waals surface area contributed by atoms with E-state index in [1.807, 2.05) is 21.1 Å². The van der Waals surface area contributed by atoms with Gasteiger partial charge >= 0.3 is 5.97 Å². The number of quaternary nitrogens is 1. The molecule has 0 aliphatic carbocycles. The van der Waals surface area contributed by atoms with Crippen molar-refractivity contribution < 1.29 is 18.8 Å². The van der Waals surface area contributed by atoms with Crippen molar-refractivity contribution in [1.29, 1.82) is 0 Å². The molecule has 0 fully saturated rings. The van der Waals surface area contributed by atoms with Crippen LogP contribution in [0.25, 0.3) is 0 Å². The van der Waals surface area contributed by atoms with Crippen molar-refractivity contribution in [1.82, 2.24) is 0 Å². The number of likely N-dealkylation sites (N-methyl/N-ethyl adjacent to an activating group) is 1. The van der Waals surface area contributed by atoms with Crippen LogP contribution in [0.4, 0.5) is 0 Å². The summed E-state index contributed by atoms with van der Waals surface area (Å²) in [6.45, 7) is 10.3. The molecule has 98 valence electrons. The molecule has 0 rings (SSSR count). The second-order valence-corrected chi connectivity index (χ2v) is 5.11. The van der Waals surface area contributed by atoms with Crippen LogP contribution < -0.4 is 0 Å². The van der Waals surface area contributed by atoms with Crippen LogP contribution in [0.5, 0.6) is 0 Å². The maximum absolute atomic E-state index is 11.5. The lowest BCUT2D eigenvalue weighted by Gasteiger charge is -2.28. The van der Waals surface area contributed by atoms with E-state index in [2.05, 4.69) is 13.2 Å². The van der Waals surface area contributed by atoms with Gasteiger partial charge in [0.1, 0.15) is 6.54 Å². The zero-order valence-corrected chi connectivity index (χ0v) is 11.4. The summed E-state index contributed by atoms with van der Waals surface area (Å²) in [4.78, 5) is 11.5. The average Bonchev–Trinajstić information content (AvgIpc) is 2.15. The highest BCUT2D eigenvalue weighted by Crippen LogP contribution is 2.04. The molecule has 0 saturated heterocycles. The number of hydrogen-bond donors (Lipinski definition) is 0. The van der Waals surface area contributed by atoms with Crippen LogP contribution in [-0.2, 0) is 14.3 Å². The van der Waals surface area contributed by atoms with E-state index in [1.54, 1.807) is 13.0 Å². The monoisotopic (exact) mass is 242 g/mol. The molecule has 0 N–H and O–H groups in total. The Bertz CT molecular complexity index is 279. The second kappa shape index (κ2) is 7.25. The first-order valence-corrected chi connectivity index (χ1v) is 5.62. The summed E-state index contributed by atoms with van der Waals surface area (Å²) in [6.07, 6.45) is 1.41. The van der Waals surface area contributed by atoms with Crippen molar-refractivity contribution in [2.75, 3.05) is 40.9 Å². The maximum Gasteiger partial charge on any atom is 0.333 e. The molecule has 0 amide bonds. The van der Waals surface area contributed by atoms with Gasteiger partial charge in [-0.05, 0) is 6.92 Å². The van der Waals surface area contributed by atoms with Gasteiger partial charge in [0.15, 0.2) is 6.10 Å². The second-order valence-electron chi connectivity index (χ2n) is 5.11. The van der Waals surface area contributed by atoms with Gasteiger partial charge in [-0.15, -0.1) is 6.58 Å². The SMILES string of the molecule is C=CCOC[C@H](C[N+](C)(C)C)OC(=O)C(=C)C. The molecule has 0 aliphatic rings. The third-order valence-corrected chi connectivity index (χ3v) is 1.91. The van der Waals surface area contributed by atoms with Crippen molar-refractivity contribution >= 4 is 5.97 Å². The smallest absolute Gasteiger partial charge is 0.333 e. The molecule has 17 heavy (non-hydrogen) atoms. The number of rotatable bonds is 8. The summed E-state index contributed by atoms with van der Waals surface area (Å²) >= 11 is 0. The highest BCUT2D eigenvalue weighted by molar-refractivity contribution is 5.87. The van der Waals surface area contributed by atoms with E-state index >= 15 is 0 Å². The van der Waals surface area contributed by atoms with Crippen molar-refractivity contribution in [3.63, 3.8) is 0 Å². The van der Waals surface area contributed by atoms with Crippen LogP contribution in [0.2, 0.25) is 0 Å². The Labute approximate surface area is 104 Å². The molecule has 4 nitrogen and oxygen atoms in total. The van der Waals surface area contributed by atoms with Crippen LogP contribution in [0.3, 0.4) is 0 Å². The molecule has 4 heteroatoms. The van der Waals surface area contributed by atoms with Crippen LogP contribution >= 0.6 is 0 Å². The number of esters is 1. The van der Waals surface area contributed by atoms with Gasteiger partial charge in [0.05, 0.1) is 34.4 Å². The first-order valence-electron chi connectivity index (χ1n) is 5.62. The largest absolute Gasteiger partial charge is 0.451 e. The topological polar surface area (TPSA) is 35.5 Å². The molecule has 0 aromatic rings. The Morgan fingerprint density at radius 1 is 1.41 bits per heavy atom. The molecule has 0 aromatic heterocycles. The third kappa shape index (κ3) is 8.65. The molecular formula is C13H24NO3+. The van der Waals surface area contributed by atoms with Crippen LogP contribution in [0, 0.1) is 0 Å². The fraction of sp³-hybridized carbons (Fsp3) is 0.615. The van der Waals surface area contributed by atoms with Gasteiger partial charge in [-0.3, -0.25) is 0 Å². The predicted molar refractivity (Wildman–Crippen MR) is 68.6 cm³/mol. The molecule has 0 radical (unpaired) electrons. The van der Waals surface area contributed by atoms with Crippen LogP contribution in [-0.4, -0.2) is 57.5 Å². The Morgan fingerprint density at radius 2 is 2.00 bits per heavy atom. The molecule has 0 heterocycles. The lowest BCUT2D eigenvalue weighted by Crippen LogP contribution is -2.44. The van der Waals surface area contributed by atoms with Crippen molar-refractivity contribution in [3.8, 4) is 0 Å². The summed E-state index contributed by atoms with van der Waals surface area (Å²) < 4.78 is 11.4. The maximum atomic E-state index is 11.5. The zero-order valence-electron chi connectivity index (χ0n) is 11.4. The highest BCUT2D eigenvalue weighted by Gasteiger charge is 2.22. The van der Waals surface area contributed by atoms with E-state index in [-0.39, 0.29) is 12.1 Å². The number of ether oxygens (including phenoxy) is 2. The Hall–Kier alpha value is -1.13. The molecule has 0 bridgehead atoms. The van der Waals surface area contributed by atoms with E-state index < -0.39 is 0 Å². The lowest BCUT2D eigenvalue weighted by molar-refractivity contribution is -0.873. The normalized spacial score (nSPS) is 12.9. The minimum Gasteiger partial charge on any atom is -0.451 e. The fourth-order valence-corrected chi connectivity index (χ4v) is 1.27. The van der Waals surface area contributed by atoms with E-state index in [1.165, 1.54) is 0 Å². The van der Waals surface area contributed by atoms with Crippen LogP contribution in [0.1, 0.15) is 6.92 Å². The summed E-state index contributed by atoms with van der Waals surface area (Å²) in [5.41, 5.74) is 0.403. The highest BCUT2D eigenvalue weighted by atomic mass is 16.6. The lowest BCUT2D eigenvalue weighted by atomic mass is 10.3. The fourth-order valence-electron chi connectivity index (χ4n) is 1.27. The van der Waals surface area contributed by atoms with Gasteiger partial charge in [-0.2, -0.15) is 0 Å². The first kappa shape index (κ1) is 15.9. The first-order chi connectivity index (χ1) is 7.76. The number of carbonyl (C=O) groups excluding carboxylic acids is 1. The predicted octanol–water partition coefficient (Wildman–Crippen LogP) is 1.38. The van der Waals surface area contributed by atoms with E-state index in [0.717, 1.165) is 0 Å². The van der Waals surface area contributed by atoms with Crippen molar-refractivity contribution in [2.45, 2.75) is 13.0 Å². The standard InChI is InChI=1S/C13H24NO3/c1-7-8-16-10-12(9-14(4,5)6)17-13(15)11(2)3/h7,12H,1-2,8-10H2,3-6H3/q+1/t12-/m0/s1. The molecule has 0 unspecified atom stereocenters. The van der Waals surface area contributed by atoms with Gasteiger partial charge in [0.2, 0.25) is 0 Å². The number of hydrogen-bond acceptors (Lipinski definition) is 3. The summed E-state index contributed by atoms with van der Waals surface area (Å²) in [5, 5.41) is 0. The van der Waals surface area contributed by atoms with Gasteiger partial charge in [0.25, 0.3) is 0 Å². The van der Waals surface area contributed by atoms with Gasteiger partial charge < -0.3 is 14.0 Å². The Kier molecular flexibility index (Phi) is 6.76. The summed E-state index contributed by atoms with van der Waals surface area (Å²) in [5.74, 6) is -0.370. The minimum atomic E-state index is -0.370. The third-order valence-electron chi connectivity index (χ3n) is 1.91. The zero-order chi connectivity index (χ0) is 13.5. The Morgan fingerprint density at radius 3 is 2.41 bits per heavy atom. The van der Waals surface area contributed by atoms with Gasteiger partial charge in [-0.25, -0.2) is 4.79 Å². The molecule has 1 atom stereocenters. The van der Waals surface area contributed by atoms with Crippen molar-refractivity contribution in [3.05, 3.63) is 24.8 Å². The minimum absolute atomic E-state index is 0.265. The summed E-state index contributed by atoms with van der Waals surface area (Å²) in [7, 11) is 6.11. The van der Waals surface area contributed by atoms with E-state index in [9.17, 15) is 4.79 Å². The van der Waals surface area contributed by atoms with Crippen molar-refractivity contribution in [2.24, 2.45) is 0 Å². The van der Waals surface area contributed by atoms with E-state index in [0.29, 0.717) is 29.8 Å². The molecule has 0 saturated carbocycles. The quantitative estimate of drug-likeness (QED) is 0.212. The molecule has 0 aromatic carbocycles. The molecule has 0 spiro atoms.